The molecular weight excluding hydrogens is 239 g/mol. The maximum atomic E-state index is 13.3. The zero-order valence-electron chi connectivity index (χ0n) is 9.65. The monoisotopic (exact) mass is 254 g/mol. The van der Waals surface area contributed by atoms with Crippen LogP contribution in [0.2, 0.25) is 0 Å². The third-order valence-corrected chi connectivity index (χ3v) is 2.62. The molecule has 0 aromatic heterocycles. The van der Waals surface area contributed by atoms with Crippen molar-refractivity contribution in [2.24, 2.45) is 5.73 Å². The molecule has 3 nitrogen and oxygen atoms in total. The Labute approximate surface area is 105 Å². The molecule has 0 aliphatic rings. The Balaban J connectivity index is 2.54. The van der Waals surface area contributed by atoms with Crippen LogP contribution in [0.3, 0.4) is 0 Å². The van der Waals surface area contributed by atoms with Crippen molar-refractivity contribution in [1.82, 2.24) is 4.90 Å². The maximum Gasteiger partial charge on any atom is 0.226 e. The fourth-order valence-corrected chi connectivity index (χ4v) is 1.43. The lowest BCUT2D eigenvalue weighted by Crippen LogP contribution is -2.31. The van der Waals surface area contributed by atoms with Gasteiger partial charge in [0.15, 0.2) is 0 Å². The molecule has 2 N–H and O–H groups in total. The molecule has 0 fully saturated rings. The van der Waals surface area contributed by atoms with Crippen LogP contribution in [0.5, 0.6) is 0 Å². The van der Waals surface area contributed by atoms with E-state index < -0.39 is 0 Å². The van der Waals surface area contributed by atoms with Crippen LogP contribution in [0.25, 0.3) is 0 Å². The number of benzene rings is 1. The van der Waals surface area contributed by atoms with Gasteiger partial charge >= 0.3 is 0 Å². The van der Waals surface area contributed by atoms with Crippen molar-refractivity contribution in [3.8, 4) is 0 Å². The van der Waals surface area contributed by atoms with E-state index in [0.29, 0.717) is 23.5 Å². The molecule has 1 aromatic rings. The summed E-state index contributed by atoms with van der Waals surface area (Å²) in [7, 11) is 1.65. The Bertz CT molecular complexity index is 423. The van der Waals surface area contributed by atoms with E-state index in [2.05, 4.69) is 0 Å². The molecule has 0 heterocycles. The Morgan fingerprint density at radius 2 is 2.12 bits per heavy atom. The summed E-state index contributed by atoms with van der Waals surface area (Å²) in [6.45, 7) is 0.461. The van der Waals surface area contributed by atoms with Crippen molar-refractivity contribution in [2.45, 2.75) is 12.8 Å². The molecule has 1 rings (SSSR count). The molecule has 5 heteroatoms. The second-order valence-electron chi connectivity index (χ2n) is 3.80. The molecule has 92 valence electrons. The van der Waals surface area contributed by atoms with Crippen molar-refractivity contribution in [3.63, 3.8) is 0 Å². The van der Waals surface area contributed by atoms with Gasteiger partial charge in [-0.15, -0.1) is 0 Å². The number of thiocarbonyl (C=S) groups is 1. The average Bonchev–Trinajstić information content (AvgIpc) is 2.28. The van der Waals surface area contributed by atoms with E-state index in [0.717, 1.165) is 0 Å². The lowest BCUT2D eigenvalue weighted by Gasteiger charge is -2.16. The number of amides is 1. The van der Waals surface area contributed by atoms with Gasteiger partial charge in [-0.1, -0.05) is 30.4 Å². The third-order valence-electron chi connectivity index (χ3n) is 2.42. The summed E-state index contributed by atoms with van der Waals surface area (Å²) in [6.07, 6.45) is 0.537. The van der Waals surface area contributed by atoms with E-state index in [1.807, 2.05) is 0 Å². The minimum Gasteiger partial charge on any atom is -0.393 e. The topological polar surface area (TPSA) is 46.3 Å². The highest BCUT2D eigenvalue weighted by molar-refractivity contribution is 7.80. The van der Waals surface area contributed by atoms with Crippen LogP contribution in [-0.4, -0.2) is 29.4 Å². The second kappa shape index (κ2) is 6.30. The Hall–Kier alpha value is -1.49. The van der Waals surface area contributed by atoms with Gasteiger partial charge < -0.3 is 10.6 Å². The zero-order chi connectivity index (χ0) is 12.8. The Kier molecular flexibility index (Phi) is 5.03. The molecule has 0 atom stereocenters. The first kappa shape index (κ1) is 13.6. The van der Waals surface area contributed by atoms with E-state index in [-0.39, 0.29) is 18.1 Å². The lowest BCUT2D eigenvalue weighted by atomic mass is 10.1. The van der Waals surface area contributed by atoms with Gasteiger partial charge in [-0.25, -0.2) is 4.39 Å². The fourth-order valence-electron chi connectivity index (χ4n) is 1.34. The molecule has 1 amide bonds. The molecule has 0 aliphatic heterocycles. The largest absolute Gasteiger partial charge is 0.393 e. The normalized spacial score (nSPS) is 10.0. The Morgan fingerprint density at radius 3 is 2.71 bits per heavy atom. The molecule has 0 aliphatic carbocycles. The van der Waals surface area contributed by atoms with Gasteiger partial charge in [0.05, 0.1) is 11.4 Å². The highest BCUT2D eigenvalue weighted by atomic mass is 32.1. The van der Waals surface area contributed by atoms with Crippen LogP contribution in [-0.2, 0) is 11.2 Å². The molecule has 0 spiro atoms. The number of rotatable bonds is 5. The number of hydrogen-bond acceptors (Lipinski definition) is 2. The number of hydrogen-bond donors (Lipinski definition) is 1. The summed E-state index contributed by atoms with van der Waals surface area (Å²) in [5, 5.41) is 0. The summed E-state index contributed by atoms with van der Waals surface area (Å²) in [5.74, 6) is -0.505. The molecule has 0 unspecified atom stereocenters. The number of carbonyl (C=O) groups is 1. The van der Waals surface area contributed by atoms with Crippen LogP contribution in [0.1, 0.15) is 12.0 Å². The van der Waals surface area contributed by atoms with Crippen molar-refractivity contribution in [2.75, 3.05) is 13.6 Å². The highest BCUT2D eigenvalue weighted by Gasteiger charge is 2.12. The van der Waals surface area contributed by atoms with Crippen molar-refractivity contribution in [3.05, 3.63) is 35.6 Å². The number of nitrogens with two attached hydrogens (primary N) is 1. The summed E-state index contributed by atoms with van der Waals surface area (Å²) in [4.78, 5) is 13.6. The van der Waals surface area contributed by atoms with Gasteiger partial charge in [-0.05, 0) is 11.6 Å². The minimum atomic E-state index is -0.358. The van der Waals surface area contributed by atoms with Crippen molar-refractivity contribution < 1.29 is 9.18 Å². The highest BCUT2D eigenvalue weighted by Crippen LogP contribution is 2.08. The Morgan fingerprint density at radius 1 is 1.47 bits per heavy atom. The smallest absolute Gasteiger partial charge is 0.226 e. The van der Waals surface area contributed by atoms with Gasteiger partial charge in [0.25, 0.3) is 0 Å². The molecule has 1 aromatic carbocycles. The maximum absolute atomic E-state index is 13.3. The molecule has 0 saturated heterocycles. The SMILES string of the molecule is CN(CCC(N)=S)C(=O)Cc1ccccc1F. The van der Waals surface area contributed by atoms with Crippen LogP contribution in [0.15, 0.2) is 24.3 Å². The van der Waals surface area contributed by atoms with E-state index in [4.69, 9.17) is 18.0 Å². The van der Waals surface area contributed by atoms with Crippen molar-refractivity contribution in [1.29, 1.82) is 0 Å². The minimum absolute atomic E-state index is 0.0561. The first-order chi connectivity index (χ1) is 8.00. The van der Waals surface area contributed by atoms with E-state index in [1.54, 1.807) is 25.2 Å². The second-order valence-corrected chi connectivity index (χ2v) is 4.32. The summed E-state index contributed by atoms with van der Waals surface area (Å²) < 4.78 is 13.3. The molecule has 0 saturated carbocycles. The zero-order valence-corrected chi connectivity index (χ0v) is 10.5. The number of nitrogens with zero attached hydrogens (tertiary/aromatic N) is 1. The van der Waals surface area contributed by atoms with E-state index in [1.165, 1.54) is 11.0 Å². The van der Waals surface area contributed by atoms with Crippen molar-refractivity contribution >= 4 is 23.1 Å². The predicted molar refractivity (Wildman–Crippen MR) is 69.1 cm³/mol. The fraction of sp³-hybridized carbons (Fsp3) is 0.333. The van der Waals surface area contributed by atoms with Gasteiger partial charge in [-0.2, -0.15) is 0 Å². The van der Waals surface area contributed by atoms with Crippen LogP contribution in [0.4, 0.5) is 4.39 Å². The van der Waals surface area contributed by atoms with Gasteiger partial charge in [0, 0.05) is 20.0 Å². The number of carbonyl (C=O) groups excluding carboxylic acids is 1. The van der Waals surface area contributed by atoms with Gasteiger partial charge in [0.1, 0.15) is 5.82 Å². The number of likely N-dealkylation sites (N-methyl/N-ethyl adjacent to an activating group) is 1. The summed E-state index contributed by atoms with van der Waals surface area (Å²) in [6, 6.07) is 6.26. The quantitative estimate of drug-likeness (QED) is 0.810. The lowest BCUT2D eigenvalue weighted by molar-refractivity contribution is -0.129. The molecule has 0 radical (unpaired) electrons. The molecule has 17 heavy (non-hydrogen) atoms. The predicted octanol–water partition coefficient (Wildman–Crippen LogP) is 1.50. The molecule has 0 bridgehead atoms. The average molecular weight is 254 g/mol. The van der Waals surface area contributed by atoms with Gasteiger partial charge in [0.2, 0.25) is 5.91 Å². The summed E-state index contributed by atoms with van der Waals surface area (Å²) >= 11 is 4.73. The van der Waals surface area contributed by atoms with E-state index in [9.17, 15) is 9.18 Å². The first-order valence-electron chi connectivity index (χ1n) is 5.26. The van der Waals surface area contributed by atoms with Crippen LogP contribution in [0, 0.1) is 5.82 Å². The third kappa shape index (κ3) is 4.48. The number of halogens is 1. The first-order valence-corrected chi connectivity index (χ1v) is 5.67. The van der Waals surface area contributed by atoms with Crippen LogP contribution < -0.4 is 5.73 Å². The van der Waals surface area contributed by atoms with E-state index >= 15 is 0 Å². The summed E-state index contributed by atoms with van der Waals surface area (Å²) in [5.41, 5.74) is 5.75. The standard InChI is InChI=1S/C12H15FN2OS/c1-15(7-6-11(14)17)12(16)8-9-4-2-3-5-10(9)13/h2-5H,6-8H2,1H3,(H2,14,17). The molecular formula is C12H15FN2OS. The van der Waals surface area contributed by atoms with Crippen LogP contribution >= 0.6 is 12.2 Å². The van der Waals surface area contributed by atoms with Gasteiger partial charge in [-0.3, -0.25) is 4.79 Å².